The van der Waals surface area contributed by atoms with Crippen LogP contribution < -0.4 is 10.9 Å². The highest BCUT2D eigenvalue weighted by Gasteiger charge is 2.38. The molecule has 3 N–H and O–H groups in total. The van der Waals surface area contributed by atoms with Gasteiger partial charge < -0.3 is 10.4 Å². The zero-order valence-electron chi connectivity index (χ0n) is 24.2. The van der Waals surface area contributed by atoms with Gasteiger partial charge in [-0.05, 0) is 71.8 Å². The molecule has 6 rings (SSSR count). The van der Waals surface area contributed by atoms with Crippen LogP contribution in [0.2, 0.25) is 0 Å². The number of H-pyrrole nitrogens is 1. The van der Waals surface area contributed by atoms with Gasteiger partial charge in [0.25, 0.3) is 5.56 Å². The van der Waals surface area contributed by atoms with Crippen molar-refractivity contribution in [1.82, 2.24) is 35.5 Å². The predicted octanol–water partition coefficient (Wildman–Crippen LogP) is 4.98. The number of aromatic amines is 1. The second-order valence-corrected chi connectivity index (χ2v) is 11.2. The Morgan fingerprint density at radius 2 is 1.86 bits per heavy atom. The quantitative estimate of drug-likeness (QED) is 0.219. The monoisotopic (exact) mass is 563 g/mol. The number of tetrazole rings is 1. The predicted molar refractivity (Wildman–Crippen MR) is 164 cm³/mol. The summed E-state index contributed by atoms with van der Waals surface area (Å²) in [6, 6.07) is 21.9. The van der Waals surface area contributed by atoms with Crippen molar-refractivity contribution in [3.63, 3.8) is 0 Å². The van der Waals surface area contributed by atoms with Gasteiger partial charge in [-0.15, -0.1) is 10.2 Å². The maximum absolute atomic E-state index is 14.1. The number of aromatic nitrogens is 6. The van der Waals surface area contributed by atoms with Crippen LogP contribution in [0.25, 0.3) is 33.4 Å². The molecule has 3 heterocycles. The first-order valence-electron chi connectivity index (χ1n) is 14.9. The van der Waals surface area contributed by atoms with Crippen molar-refractivity contribution in [2.45, 2.75) is 70.6 Å². The molecule has 2 aromatic heterocycles. The van der Waals surface area contributed by atoms with Crippen LogP contribution >= 0.6 is 0 Å². The summed E-state index contributed by atoms with van der Waals surface area (Å²) >= 11 is 0. The molecule has 9 heteroatoms. The highest BCUT2D eigenvalue weighted by molar-refractivity contribution is 5.80. The molecule has 3 aromatic carbocycles. The minimum absolute atomic E-state index is 0.0253. The number of hydrogen-bond acceptors (Lipinski definition) is 7. The number of rotatable bonds is 10. The zero-order chi connectivity index (χ0) is 29.1. The van der Waals surface area contributed by atoms with Gasteiger partial charge in [-0.3, -0.25) is 9.36 Å². The zero-order valence-corrected chi connectivity index (χ0v) is 24.2. The largest absolute Gasteiger partial charge is 0.384 e. The summed E-state index contributed by atoms with van der Waals surface area (Å²) in [5.41, 5.74) is 4.28. The third-order valence-electron chi connectivity index (χ3n) is 8.58. The topological polar surface area (TPSA) is 122 Å². The molecule has 0 aliphatic carbocycles. The molecule has 0 bridgehead atoms. The molecule has 0 spiro atoms. The number of nitrogens with one attached hydrogen (secondary N) is 2. The van der Waals surface area contributed by atoms with Gasteiger partial charge >= 0.3 is 0 Å². The standard InChI is InChI=1S/C33H37N7O2/c1-3-5-12-30-35-28-18-17-24(33(42,4-2)29-11-8-19-34-29)20-27(28)32(41)40(30)21-22-13-15-23(16-14-22)25-9-6-7-10-26(25)31-36-38-39-37-31/h6-7,9-10,13-18,20,29,34,42H,3-5,8,11-12,19,21H2,1-2H3,(H,36,37,38,39). The average Bonchev–Trinajstić information content (AvgIpc) is 3.77. The molecule has 0 saturated carbocycles. The van der Waals surface area contributed by atoms with Crippen LogP contribution in [-0.4, -0.2) is 47.9 Å². The van der Waals surface area contributed by atoms with Gasteiger partial charge in [-0.2, -0.15) is 5.21 Å². The SMILES string of the molecule is CCCCc1nc2ccc(C(O)(CC)C3CCCN3)cc2c(=O)n1Cc1ccc(-c2ccccc2-c2nn[nH]n2)cc1. The Morgan fingerprint density at radius 3 is 2.55 bits per heavy atom. The lowest BCUT2D eigenvalue weighted by Crippen LogP contribution is -2.45. The molecule has 9 nitrogen and oxygen atoms in total. The van der Waals surface area contributed by atoms with E-state index in [1.807, 2.05) is 54.0 Å². The molecule has 1 aliphatic rings. The van der Waals surface area contributed by atoms with Crippen LogP contribution in [0, 0.1) is 0 Å². The van der Waals surface area contributed by atoms with Crippen molar-refractivity contribution in [2.24, 2.45) is 0 Å². The first-order chi connectivity index (χ1) is 20.5. The summed E-state index contributed by atoms with van der Waals surface area (Å²) in [7, 11) is 0. The lowest BCUT2D eigenvalue weighted by molar-refractivity contribution is -0.00106. The number of aliphatic hydroxyl groups is 1. The van der Waals surface area contributed by atoms with Gasteiger partial charge in [-0.1, -0.05) is 74.9 Å². The van der Waals surface area contributed by atoms with Crippen molar-refractivity contribution >= 4 is 10.9 Å². The van der Waals surface area contributed by atoms with Gasteiger partial charge in [0.1, 0.15) is 11.4 Å². The number of nitrogens with zero attached hydrogens (tertiary/aromatic N) is 5. The average molecular weight is 564 g/mol. The van der Waals surface area contributed by atoms with Gasteiger partial charge in [0, 0.05) is 18.0 Å². The Morgan fingerprint density at radius 1 is 1.05 bits per heavy atom. The Balaban J connectivity index is 1.37. The Labute approximate surface area is 245 Å². The van der Waals surface area contributed by atoms with Crippen LogP contribution in [0.5, 0.6) is 0 Å². The number of unbranched alkanes of at least 4 members (excludes halogenated alkanes) is 1. The van der Waals surface area contributed by atoms with Crippen molar-refractivity contribution in [3.8, 4) is 22.5 Å². The number of aryl methyl sites for hydroxylation is 1. The second-order valence-electron chi connectivity index (χ2n) is 11.2. The van der Waals surface area contributed by atoms with Crippen molar-refractivity contribution in [2.75, 3.05) is 6.54 Å². The molecule has 2 atom stereocenters. The van der Waals surface area contributed by atoms with Crippen LogP contribution in [0.3, 0.4) is 0 Å². The van der Waals surface area contributed by atoms with E-state index in [0.29, 0.717) is 29.7 Å². The molecule has 5 aromatic rings. The van der Waals surface area contributed by atoms with Crippen LogP contribution in [0.4, 0.5) is 0 Å². The molecule has 0 radical (unpaired) electrons. The Hall–Kier alpha value is -4.21. The van der Waals surface area contributed by atoms with Gasteiger partial charge in [-0.25, -0.2) is 4.98 Å². The molecule has 42 heavy (non-hydrogen) atoms. The van der Waals surface area contributed by atoms with E-state index in [1.165, 1.54) is 0 Å². The molecular formula is C33H37N7O2. The van der Waals surface area contributed by atoms with E-state index in [9.17, 15) is 9.90 Å². The maximum Gasteiger partial charge on any atom is 0.261 e. The molecule has 1 fully saturated rings. The maximum atomic E-state index is 14.1. The van der Waals surface area contributed by atoms with E-state index in [-0.39, 0.29) is 11.6 Å². The van der Waals surface area contributed by atoms with Gasteiger partial charge in [0.05, 0.1) is 17.4 Å². The van der Waals surface area contributed by atoms with Crippen LogP contribution in [0.1, 0.15) is 62.9 Å². The first-order valence-corrected chi connectivity index (χ1v) is 14.9. The molecular weight excluding hydrogens is 526 g/mol. The van der Waals surface area contributed by atoms with E-state index in [1.54, 1.807) is 0 Å². The summed E-state index contributed by atoms with van der Waals surface area (Å²) in [5.74, 6) is 1.33. The Kier molecular flexibility index (Phi) is 7.95. The summed E-state index contributed by atoms with van der Waals surface area (Å²) in [6.07, 6.45) is 5.21. The smallest absolute Gasteiger partial charge is 0.261 e. The first kappa shape index (κ1) is 27.9. The molecule has 1 saturated heterocycles. The fourth-order valence-corrected chi connectivity index (χ4v) is 6.15. The van der Waals surface area contributed by atoms with Crippen molar-refractivity contribution < 1.29 is 5.11 Å². The number of fused-ring (bicyclic) bond motifs is 1. The fraction of sp³-hybridized carbons (Fsp3) is 0.364. The number of hydrogen-bond donors (Lipinski definition) is 3. The fourth-order valence-electron chi connectivity index (χ4n) is 6.15. The third kappa shape index (κ3) is 5.26. The molecule has 0 amide bonds. The summed E-state index contributed by atoms with van der Waals surface area (Å²) in [4.78, 5) is 19.0. The lowest BCUT2D eigenvalue weighted by Gasteiger charge is -2.34. The molecule has 2 unspecified atom stereocenters. The van der Waals surface area contributed by atoms with Crippen molar-refractivity contribution in [3.05, 3.63) is 94.0 Å². The van der Waals surface area contributed by atoms with Gasteiger partial charge in [0.15, 0.2) is 0 Å². The third-order valence-corrected chi connectivity index (χ3v) is 8.58. The highest BCUT2D eigenvalue weighted by atomic mass is 16.3. The van der Waals surface area contributed by atoms with Crippen molar-refractivity contribution in [1.29, 1.82) is 0 Å². The van der Waals surface area contributed by atoms with E-state index < -0.39 is 5.60 Å². The summed E-state index contributed by atoms with van der Waals surface area (Å²) in [6.45, 7) is 5.46. The van der Waals surface area contributed by atoms with E-state index >= 15 is 0 Å². The molecule has 1 aliphatic heterocycles. The highest BCUT2D eigenvalue weighted by Crippen LogP contribution is 2.34. The van der Waals surface area contributed by atoms with E-state index in [4.69, 9.17) is 4.98 Å². The van der Waals surface area contributed by atoms with E-state index in [0.717, 1.165) is 72.3 Å². The van der Waals surface area contributed by atoms with Gasteiger partial charge in [0.2, 0.25) is 5.82 Å². The second kappa shape index (κ2) is 12.0. The van der Waals surface area contributed by atoms with Crippen LogP contribution in [-0.2, 0) is 18.6 Å². The van der Waals surface area contributed by atoms with E-state index in [2.05, 4.69) is 57.1 Å². The Bertz CT molecular complexity index is 1720. The summed E-state index contributed by atoms with van der Waals surface area (Å²) in [5, 5.41) is 30.2. The van der Waals surface area contributed by atoms with Crippen LogP contribution in [0.15, 0.2) is 71.5 Å². The minimum Gasteiger partial charge on any atom is -0.384 e. The lowest BCUT2D eigenvalue weighted by atomic mass is 9.83. The molecule has 216 valence electrons. The normalized spacial score (nSPS) is 16.6. The number of benzene rings is 3. The minimum atomic E-state index is -1.03. The summed E-state index contributed by atoms with van der Waals surface area (Å²) < 4.78 is 1.81.